The van der Waals surface area contributed by atoms with Gasteiger partial charge in [0.1, 0.15) is 18.8 Å². The lowest BCUT2D eigenvalue weighted by molar-refractivity contribution is -0.146. The molecule has 18 rings (SSSR count). The normalized spacial score (nSPS) is 15.5. The van der Waals surface area contributed by atoms with Gasteiger partial charge in [0.25, 0.3) is 6.67 Å². The number of nitrogens with one attached hydrogen (secondary N) is 2. The molecule has 802 valence electrons. The second-order valence-corrected chi connectivity index (χ2v) is 52.3. The summed E-state index contributed by atoms with van der Waals surface area (Å²) in [5, 5.41) is 22.2. The van der Waals surface area contributed by atoms with Gasteiger partial charge in [-0.1, -0.05) is 339 Å². The number of H-pyrrole nitrogens is 1. The molecule has 0 atom stereocenters. The highest BCUT2D eigenvalue weighted by molar-refractivity contribution is 7.91. The second-order valence-electron chi connectivity index (χ2n) is 50.0. The molecule has 6 aliphatic heterocycles. The van der Waals surface area contributed by atoms with Crippen LogP contribution in [-0.2, 0) is 72.9 Å². The third kappa shape index (κ3) is 35.0. The Labute approximate surface area is 892 Å². The van der Waals surface area contributed by atoms with Crippen LogP contribution in [0, 0.1) is 24.2 Å². The molecule has 21 nitrogen and oxygen atoms in total. The molecule has 149 heavy (non-hydrogen) atoms. The molecule has 0 aliphatic carbocycles. The van der Waals surface area contributed by atoms with Gasteiger partial charge in [0, 0.05) is 153 Å². The van der Waals surface area contributed by atoms with Crippen LogP contribution in [-0.4, -0.2) is 206 Å². The van der Waals surface area contributed by atoms with E-state index in [2.05, 4.69) is 429 Å². The van der Waals surface area contributed by atoms with Crippen LogP contribution in [0.2, 0.25) is 0 Å². The maximum absolute atomic E-state index is 14.2. The van der Waals surface area contributed by atoms with E-state index < -0.39 is 9.84 Å². The number of hydrogen-bond donors (Lipinski definition) is 2. The maximum atomic E-state index is 14.2. The standard InChI is InChI=1S/C16H23FN2O.C15H22FN.C15H20N2.C15H21NO2.C14H21NO2S.C13H16N2.C13H19N.2C12H15N3/c1-16(2,3)12-6-7-14(13(17)8-12)19-9-11(10-19)15(20)18(4)5;1-15(2,3)14-6-4-12(5-7-14)13-10-17(11-13)9-8-16;1-15(2,3)14-7-5-12(6-8-14)13-9-17(10-13)11-16-4;1-15(2,3)12-5-7-13(8-6-12)16-9-11(10-16)14(17)18-4;1-14(2,3)11-5-7-12(8-6-11)15-9-13(10-15)18(4,16)17;1-13(2,3)11-5-7-12(8-6-11)15-10-4-9-14-15;1-13(2,3)12-6-4-10(5-7-12)11-8-14-9-11;1-12(2,3)10-6-4-9(5-7-10)11-13-8-14-15-11;1-12(2,3)10-5-4-6-11(9-10)15-13-7-8-14-15/h6-8,11H,9-10H2,1-5H3;4-7,13H,8-11H2,1-3H3;5-8,13H,9-11H2,1-3H3;5-8,11H,9-10H2,1-4H3;5-8,13H,9-10H2,1-4H3;4-10H,1-3H3;4-7,11,14H,8-9H2,1-3H3;4-8H,1-3H3,(H,13,14,15);4-9H,1-3H3. The third-order valence-corrected chi connectivity index (χ3v) is 29.8. The number of ether oxygens (including phenoxy) is 1. The smallest absolute Gasteiger partial charge is 0.312 e. The number of likely N-dealkylation sites (tertiary alicyclic amines) is 2. The fraction of sp³-hybridized carbons (Fsp3) is 0.488. The highest BCUT2D eigenvalue weighted by atomic mass is 32.2. The number of methoxy groups -OCH3 is 1. The molecule has 6 fully saturated rings. The lowest BCUT2D eigenvalue weighted by Crippen LogP contribution is -2.54. The van der Waals surface area contributed by atoms with E-state index in [9.17, 15) is 26.8 Å². The Morgan fingerprint density at radius 2 is 0.805 bits per heavy atom. The van der Waals surface area contributed by atoms with E-state index >= 15 is 0 Å². The van der Waals surface area contributed by atoms with Gasteiger partial charge in [0.15, 0.2) is 15.7 Å². The minimum atomic E-state index is -2.88. The Hall–Kier alpha value is -12.0. The van der Waals surface area contributed by atoms with Gasteiger partial charge in [0.05, 0.1) is 53.7 Å². The molecule has 12 aromatic rings. The first kappa shape index (κ1) is 119. The van der Waals surface area contributed by atoms with Crippen molar-refractivity contribution < 1.29 is 31.5 Å². The van der Waals surface area contributed by atoms with Crippen molar-refractivity contribution in [2.75, 3.05) is 141 Å². The number of nitrogens with zero attached hydrogens (tertiary/aromatic N) is 14. The summed E-state index contributed by atoms with van der Waals surface area (Å²) < 4.78 is 55.6. The SMILES string of the molecule is CC(C)(C)c1ccc(-c2ncn[nH]2)cc1.CC(C)(C)c1ccc(-n2cccn2)cc1.CC(C)(C)c1ccc(C2CN(CCF)C2)cc1.CC(C)(C)c1ccc(C2CNC2)cc1.CC(C)(C)c1ccc(N2CC(S(C)(=O)=O)C2)cc1.CC(C)(C)c1cccc(-n2nccn2)c1.CN(C)C(=O)C1CN(c2ccc(C(C)(C)C)cc2F)C1.COC(=O)C1CN(c2ccc(C(C)(C)C)cc2)C1.[C-]#[N+]CN1CC(c2ccc(C(C)(C)C)cc2)C1. The molecule has 6 aliphatic rings. The van der Waals surface area contributed by atoms with Crippen LogP contribution in [0.5, 0.6) is 0 Å². The summed E-state index contributed by atoms with van der Waals surface area (Å²) >= 11 is 0. The van der Waals surface area contributed by atoms with E-state index in [1.807, 2.05) is 46.1 Å². The largest absolute Gasteiger partial charge is 0.469 e. The average molecular weight is 2050 g/mol. The number of esters is 1. The Morgan fingerprint density at radius 3 is 1.15 bits per heavy atom. The first-order chi connectivity index (χ1) is 69.6. The first-order valence-electron chi connectivity index (χ1n) is 52.7. The second kappa shape index (κ2) is 50.7. The van der Waals surface area contributed by atoms with Gasteiger partial charge in [-0.2, -0.15) is 25.2 Å². The number of hydrogen-bond acceptors (Lipinski definition) is 16. The van der Waals surface area contributed by atoms with Crippen molar-refractivity contribution in [3.05, 3.63) is 333 Å². The summed E-state index contributed by atoms with van der Waals surface area (Å²) in [4.78, 5) is 44.4. The lowest BCUT2D eigenvalue weighted by atomic mass is 9.84. The molecule has 9 aromatic carbocycles. The number of rotatable bonds is 15. The Balaban J connectivity index is 0.000000172. The summed E-state index contributed by atoms with van der Waals surface area (Å²) in [5.41, 5.74) is 23.7. The number of amides is 1. The molecular formula is C125H172F2N16O5S. The number of benzene rings is 9. The van der Waals surface area contributed by atoms with Crippen LogP contribution in [0.4, 0.5) is 25.8 Å². The van der Waals surface area contributed by atoms with Gasteiger partial charge in [-0.3, -0.25) is 24.4 Å². The number of aromatic amines is 1. The fourth-order valence-electron chi connectivity index (χ4n) is 17.5. The van der Waals surface area contributed by atoms with Crippen LogP contribution in [0.1, 0.15) is 271 Å². The monoisotopic (exact) mass is 2050 g/mol. The zero-order chi connectivity index (χ0) is 110. The van der Waals surface area contributed by atoms with Crippen LogP contribution in [0.25, 0.3) is 27.6 Å². The van der Waals surface area contributed by atoms with E-state index in [4.69, 9.17) is 11.3 Å². The van der Waals surface area contributed by atoms with E-state index in [0.717, 1.165) is 92.3 Å². The molecule has 1 amide bonds. The number of halogens is 2. The van der Waals surface area contributed by atoms with Crippen molar-refractivity contribution in [1.29, 1.82) is 0 Å². The summed E-state index contributed by atoms with van der Waals surface area (Å²) in [6, 6.07) is 76.6. The molecule has 0 spiro atoms. The Morgan fingerprint density at radius 1 is 0.430 bits per heavy atom. The lowest BCUT2D eigenvalue weighted by Gasteiger charge is -2.41. The zero-order valence-corrected chi connectivity index (χ0v) is 96.0. The van der Waals surface area contributed by atoms with Crippen LogP contribution in [0.15, 0.2) is 250 Å². The average Bonchev–Trinajstić information content (AvgIpc) is 1.51. The number of sulfone groups is 1. The molecule has 2 N–H and O–H groups in total. The number of carbonyl (C=O) groups excluding carboxylic acids is 2. The number of alkyl halides is 1. The van der Waals surface area contributed by atoms with Crippen molar-refractivity contribution in [1.82, 2.24) is 60.0 Å². The van der Waals surface area contributed by atoms with Crippen molar-refractivity contribution in [3.8, 4) is 22.8 Å². The van der Waals surface area contributed by atoms with Crippen molar-refractivity contribution in [3.63, 3.8) is 0 Å². The quantitative estimate of drug-likeness (QED) is 0.0724. The fourth-order valence-corrected chi connectivity index (χ4v) is 18.4. The summed E-state index contributed by atoms with van der Waals surface area (Å²) in [6.07, 6.45) is 9.95. The number of anilines is 3. The predicted molar refractivity (Wildman–Crippen MR) is 613 cm³/mol. The van der Waals surface area contributed by atoms with E-state index in [1.54, 1.807) is 48.4 Å². The molecular weight excluding hydrogens is 1880 g/mol. The first-order valence-corrected chi connectivity index (χ1v) is 54.7. The predicted octanol–water partition coefficient (Wildman–Crippen LogP) is 25.2. The van der Waals surface area contributed by atoms with Gasteiger partial charge in [-0.15, -0.1) is 0 Å². The Bertz CT molecular complexity index is 6190. The summed E-state index contributed by atoms with van der Waals surface area (Å²) in [7, 11) is 2.07. The van der Waals surface area contributed by atoms with Crippen molar-refractivity contribution in [2.45, 2.75) is 259 Å². The minimum absolute atomic E-state index is 0.00769. The molecule has 9 heterocycles. The third-order valence-electron chi connectivity index (χ3n) is 28.3. The van der Waals surface area contributed by atoms with E-state index in [1.165, 1.54) is 86.6 Å². The number of aromatic nitrogens is 8. The van der Waals surface area contributed by atoms with Crippen molar-refractivity contribution in [2.24, 2.45) is 11.8 Å². The zero-order valence-electron chi connectivity index (χ0n) is 95.2. The van der Waals surface area contributed by atoms with Gasteiger partial charge < -0.3 is 29.7 Å². The Kier molecular flexibility index (Phi) is 40.5. The maximum Gasteiger partial charge on any atom is 0.312 e. The van der Waals surface area contributed by atoms with E-state index in [-0.39, 0.29) is 90.2 Å². The van der Waals surface area contributed by atoms with Crippen LogP contribution in [0.3, 0.4) is 0 Å². The van der Waals surface area contributed by atoms with Gasteiger partial charge in [-0.05, 0) is 182 Å². The minimum Gasteiger partial charge on any atom is -0.469 e. The topological polar surface area (TPSA) is 203 Å². The molecule has 24 heteroatoms. The summed E-state index contributed by atoms with van der Waals surface area (Å²) in [6.45, 7) is 77.5. The highest BCUT2D eigenvalue weighted by Gasteiger charge is 2.39. The van der Waals surface area contributed by atoms with Gasteiger partial charge >= 0.3 is 5.97 Å². The van der Waals surface area contributed by atoms with Crippen LogP contribution < -0.4 is 20.0 Å². The van der Waals surface area contributed by atoms with Crippen molar-refractivity contribution >= 4 is 38.8 Å². The molecule has 0 radical (unpaired) electrons. The van der Waals surface area contributed by atoms with Gasteiger partial charge in [0.2, 0.25) is 5.91 Å². The molecule has 3 aromatic heterocycles. The molecule has 0 unspecified atom stereocenters. The number of carbonyl (C=O) groups is 2. The highest BCUT2D eigenvalue weighted by Crippen LogP contribution is 2.38. The van der Waals surface area contributed by atoms with Crippen LogP contribution >= 0.6 is 0 Å². The molecule has 6 saturated heterocycles. The summed E-state index contributed by atoms with van der Waals surface area (Å²) in [5.74, 6) is 2.66. The molecule has 0 bridgehead atoms. The van der Waals surface area contributed by atoms with E-state index in [0.29, 0.717) is 56.9 Å². The molecule has 0 saturated carbocycles. The van der Waals surface area contributed by atoms with Gasteiger partial charge in [-0.25, -0.2) is 38.3 Å².